The molecule has 1 N–H and O–H groups in total. The third-order valence-corrected chi connectivity index (χ3v) is 6.75. The zero-order chi connectivity index (χ0) is 20.3. The van der Waals surface area contributed by atoms with Crippen molar-refractivity contribution in [3.63, 3.8) is 0 Å². The highest BCUT2D eigenvalue weighted by molar-refractivity contribution is 7.89. The number of nitrogens with zero attached hydrogens (tertiary/aromatic N) is 1. The highest BCUT2D eigenvalue weighted by Gasteiger charge is 2.32. The third-order valence-electron chi connectivity index (χ3n) is 4.84. The molecule has 2 aromatic rings. The van der Waals surface area contributed by atoms with Gasteiger partial charge in [0.1, 0.15) is 5.82 Å². The summed E-state index contributed by atoms with van der Waals surface area (Å²) in [7, 11) is -3.70. The molecule has 1 heterocycles. The van der Waals surface area contributed by atoms with Gasteiger partial charge in [-0.3, -0.25) is 9.59 Å². The molecule has 1 saturated heterocycles. The predicted octanol–water partition coefficient (Wildman–Crippen LogP) is 3.07. The highest BCUT2D eigenvalue weighted by Crippen LogP contribution is 2.25. The quantitative estimate of drug-likeness (QED) is 0.777. The number of nitrogens with one attached hydrogen (secondary N) is 1. The molecule has 8 heteroatoms. The Morgan fingerprint density at radius 1 is 1.00 bits per heavy atom. The summed E-state index contributed by atoms with van der Waals surface area (Å²) < 4.78 is 39.6. The second-order valence-electron chi connectivity index (χ2n) is 6.76. The average molecular weight is 404 g/mol. The first-order chi connectivity index (χ1) is 13.3. The van der Waals surface area contributed by atoms with Crippen LogP contribution in [0.3, 0.4) is 0 Å². The summed E-state index contributed by atoms with van der Waals surface area (Å²) in [6, 6.07) is 11.4. The monoisotopic (exact) mass is 404 g/mol. The predicted molar refractivity (Wildman–Crippen MR) is 103 cm³/mol. The van der Waals surface area contributed by atoms with Crippen LogP contribution in [0.1, 0.15) is 30.1 Å². The molecule has 1 aliphatic rings. The number of sulfonamides is 1. The number of halogens is 1. The van der Waals surface area contributed by atoms with Crippen LogP contribution in [0.5, 0.6) is 0 Å². The number of rotatable bonds is 5. The van der Waals surface area contributed by atoms with Crippen molar-refractivity contribution in [3.8, 4) is 0 Å². The van der Waals surface area contributed by atoms with Gasteiger partial charge in [-0.25, -0.2) is 12.8 Å². The van der Waals surface area contributed by atoms with Crippen molar-refractivity contribution < 1.29 is 22.4 Å². The molecule has 0 bridgehead atoms. The van der Waals surface area contributed by atoms with Crippen LogP contribution in [0, 0.1) is 11.7 Å². The van der Waals surface area contributed by atoms with Crippen molar-refractivity contribution in [2.75, 3.05) is 18.4 Å². The summed E-state index contributed by atoms with van der Waals surface area (Å²) in [6.07, 6.45) is 0.801. The second kappa shape index (κ2) is 8.20. The number of piperidine rings is 1. The van der Waals surface area contributed by atoms with Gasteiger partial charge in [0.15, 0.2) is 5.78 Å². The van der Waals surface area contributed by atoms with E-state index in [2.05, 4.69) is 5.32 Å². The van der Waals surface area contributed by atoms with E-state index in [9.17, 15) is 22.4 Å². The molecule has 148 valence electrons. The van der Waals surface area contributed by atoms with E-state index >= 15 is 0 Å². The van der Waals surface area contributed by atoms with Crippen LogP contribution in [0.15, 0.2) is 53.4 Å². The fourth-order valence-electron chi connectivity index (χ4n) is 3.15. The largest absolute Gasteiger partial charge is 0.326 e. The van der Waals surface area contributed by atoms with E-state index in [1.165, 1.54) is 23.4 Å². The van der Waals surface area contributed by atoms with Gasteiger partial charge >= 0.3 is 0 Å². The van der Waals surface area contributed by atoms with Gasteiger partial charge in [-0.15, -0.1) is 0 Å². The number of carbonyl (C=O) groups excluding carboxylic acids is 2. The van der Waals surface area contributed by atoms with Crippen LogP contribution in [0.4, 0.5) is 10.1 Å². The van der Waals surface area contributed by atoms with Gasteiger partial charge in [-0.05, 0) is 68.3 Å². The molecule has 0 atom stereocenters. The normalized spacial score (nSPS) is 15.9. The van der Waals surface area contributed by atoms with E-state index in [0.29, 0.717) is 24.1 Å². The van der Waals surface area contributed by atoms with Gasteiger partial charge in [-0.2, -0.15) is 4.31 Å². The summed E-state index contributed by atoms with van der Waals surface area (Å²) >= 11 is 0. The minimum Gasteiger partial charge on any atom is -0.326 e. The van der Waals surface area contributed by atoms with E-state index in [1.54, 1.807) is 24.3 Å². The van der Waals surface area contributed by atoms with Gasteiger partial charge in [0, 0.05) is 30.3 Å². The minimum atomic E-state index is -3.70. The number of hydrogen-bond donors (Lipinski definition) is 1. The molecule has 1 amide bonds. The Morgan fingerprint density at radius 3 is 2.11 bits per heavy atom. The molecule has 0 spiro atoms. The number of benzene rings is 2. The Kier molecular flexibility index (Phi) is 5.90. The molecule has 2 aromatic carbocycles. The SMILES string of the molecule is CC(=O)c1ccc(NC(=O)C2CCN(S(=O)(=O)c3ccc(F)cc3)CC2)cc1. The molecule has 1 aliphatic heterocycles. The molecule has 1 fully saturated rings. The van der Waals surface area contributed by atoms with Crippen LogP contribution in [-0.4, -0.2) is 37.5 Å². The zero-order valence-electron chi connectivity index (χ0n) is 15.4. The van der Waals surface area contributed by atoms with Crippen LogP contribution >= 0.6 is 0 Å². The number of amides is 1. The lowest BCUT2D eigenvalue weighted by atomic mass is 9.97. The number of hydrogen-bond acceptors (Lipinski definition) is 4. The lowest BCUT2D eigenvalue weighted by Gasteiger charge is -2.30. The van der Waals surface area contributed by atoms with Crippen molar-refractivity contribution in [1.82, 2.24) is 4.31 Å². The average Bonchev–Trinajstić information content (AvgIpc) is 2.69. The van der Waals surface area contributed by atoms with E-state index < -0.39 is 15.8 Å². The second-order valence-corrected chi connectivity index (χ2v) is 8.69. The lowest BCUT2D eigenvalue weighted by molar-refractivity contribution is -0.120. The van der Waals surface area contributed by atoms with Gasteiger partial charge in [0.2, 0.25) is 15.9 Å². The summed E-state index contributed by atoms with van der Waals surface area (Å²) in [6.45, 7) is 1.92. The first-order valence-electron chi connectivity index (χ1n) is 8.95. The molecule has 28 heavy (non-hydrogen) atoms. The summed E-state index contributed by atoms with van der Waals surface area (Å²) in [5.74, 6) is -1.01. The maximum Gasteiger partial charge on any atom is 0.243 e. The minimum absolute atomic E-state index is 0.0439. The molecule has 0 aromatic heterocycles. The number of ketones is 1. The Hall–Kier alpha value is -2.58. The van der Waals surface area contributed by atoms with Crippen LogP contribution in [-0.2, 0) is 14.8 Å². The van der Waals surface area contributed by atoms with Crippen molar-refractivity contribution in [2.24, 2.45) is 5.92 Å². The molecule has 0 saturated carbocycles. The van der Waals surface area contributed by atoms with Crippen molar-refractivity contribution in [2.45, 2.75) is 24.7 Å². The molecule has 3 rings (SSSR count). The van der Waals surface area contributed by atoms with Gasteiger partial charge < -0.3 is 5.32 Å². The van der Waals surface area contributed by atoms with Crippen molar-refractivity contribution >= 4 is 27.4 Å². The number of Topliss-reactive ketones (excluding diaryl/α,β-unsaturated/α-hetero) is 1. The fraction of sp³-hybridized carbons (Fsp3) is 0.300. The van der Waals surface area contributed by atoms with E-state index in [4.69, 9.17) is 0 Å². The topological polar surface area (TPSA) is 83.6 Å². The summed E-state index contributed by atoms with van der Waals surface area (Å²) in [5, 5.41) is 2.81. The van der Waals surface area contributed by atoms with Crippen LogP contribution in [0.25, 0.3) is 0 Å². The Balaban J connectivity index is 1.59. The Bertz CT molecular complexity index is 964. The maximum absolute atomic E-state index is 13.0. The van der Waals surface area contributed by atoms with Crippen LogP contribution in [0.2, 0.25) is 0 Å². The number of carbonyl (C=O) groups is 2. The van der Waals surface area contributed by atoms with Crippen molar-refractivity contribution in [3.05, 3.63) is 59.9 Å². The van der Waals surface area contributed by atoms with Crippen LogP contribution < -0.4 is 5.32 Å². The van der Waals surface area contributed by atoms with E-state index in [0.717, 1.165) is 12.1 Å². The van der Waals surface area contributed by atoms with Gasteiger partial charge in [-0.1, -0.05) is 0 Å². The lowest BCUT2D eigenvalue weighted by Crippen LogP contribution is -2.41. The first kappa shape index (κ1) is 20.2. The molecular formula is C20H21FN2O4S. The number of anilines is 1. The third kappa shape index (κ3) is 4.45. The highest BCUT2D eigenvalue weighted by atomic mass is 32.2. The zero-order valence-corrected chi connectivity index (χ0v) is 16.2. The Labute approximate surface area is 163 Å². The molecular weight excluding hydrogens is 383 g/mol. The standard InChI is InChI=1S/C20H21FN2O4S/c1-14(24)15-2-6-18(7-3-15)22-20(25)16-10-12-23(13-11-16)28(26,27)19-8-4-17(21)5-9-19/h2-9,16H,10-13H2,1H3,(H,22,25). The summed E-state index contributed by atoms with van der Waals surface area (Å²) in [5.41, 5.74) is 1.16. The van der Waals surface area contributed by atoms with E-state index in [1.807, 2.05) is 0 Å². The maximum atomic E-state index is 13.0. The van der Waals surface area contributed by atoms with Gasteiger partial charge in [0.25, 0.3) is 0 Å². The molecule has 0 aliphatic carbocycles. The fourth-order valence-corrected chi connectivity index (χ4v) is 4.62. The molecule has 0 radical (unpaired) electrons. The van der Waals surface area contributed by atoms with Gasteiger partial charge in [0.05, 0.1) is 4.90 Å². The smallest absolute Gasteiger partial charge is 0.243 e. The summed E-state index contributed by atoms with van der Waals surface area (Å²) in [4.78, 5) is 23.8. The molecule has 6 nitrogen and oxygen atoms in total. The van der Waals surface area contributed by atoms with E-state index in [-0.39, 0.29) is 35.6 Å². The first-order valence-corrected chi connectivity index (χ1v) is 10.4. The Morgan fingerprint density at radius 2 is 1.57 bits per heavy atom. The molecule has 0 unspecified atom stereocenters. The van der Waals surface area contributed by atoms with Crippen molar-refractivity contribution in [1.29, 1.82) is 0 Å².